The first-order valence-electron chi connectivity index (χ1n) is 17.3. The quantitative estimate of drug-likeness (QED) is 0.187. The predicted molar refractivity (Wildman–Crippen MR) is 188 cm³/mol. The molecular formula is C38H43F3N4O4S. The molecule has 0 saturated carbocycles. The van der Waals surface area contributed by atoms with Crippen LogP contribution in [-0.2, 0) is 22.6 Å². The van der Waals surface area contributed by atoms with Crippen LogP contribution in [0.1, 0.15) is 79.0 Å². The van der Waals surface area contributed by atoms with Crippen LogP contribution in [0.25, 0.3) is 22.2 Å². The Kier molecular flexibility index (Phi) is 10.5. The number of benzene rings is 3. The van der Waals surface area contributed by atoms with Gasteiger partial charge in [0, 0.05) is 35.2 Å². The summed E-state index contributed by atoms with van der Waals surface area (Å²) in [6.07, 6.45) is 0.840. The van der Waals surface area contributed by atoms with Gasteiger partial charge in [-0.25, -0.2) is 13.4 Å². The highest BCUT2D eigenvalue weighted by molar-refractivity contribution is 7.91. The molecule has 4 aromatic rings. The Bertz CT molecular complexity index is 1960. The van der Waals surface area contributed by atoms with Crippen molar-refractivity contribution in [3.05, 3.63) is 89.0 Å². The molecule has 1 amide bonds. The van der Waals surface area contributed by atoms with Gasteiger partial charge in [0.1, 0.15) is 10.6 Å². The largest absolute Gasteiger partial charge is 0.507 e. The van der Waals surface area contributed by atoms with Gasteiger partial charge in [0.2, 0.25) is 0 Å². The number of aromatic nitrogens is 1. The monoisotopic (exact) mass is 708 g/mol. The van der Waals surface area contributed by atoms with E-state index in [0.717, 1.165) is 43.6 Å². The zero-order valence-corrected chi connectivity index (χ0v) is 29.2. The van der Waals surface area contributed by atoms with Crippen LogP contribution in [0.3, 0.4) is 0 Å². The maximum Gasteiger partial charge on any atom is 0.416 e. The predicted octanol–water partition coefficient (Wildman–Crippen LogP) is 7.36. The summed E-state index contributed by atoms with van der Waals surface area (Å²) in [6.45, 7) is 7.09. The van der Waals surface area contributed by atoms with Crippen molar-refractivity contribution in [3.8, 4) is 17.0 Å². The fourth-order valence-electron chi connectivity index (χ4n) is 7.26. The number of alkyl halides is 3. The van der Waals surface area contributed by atoms with E-state index < -0.39 is 39.3 Å². The lowest BCUT2D eigenvalue weighted by molar-refractivity contribution is -0.137. The lowest BCUT2D eigenvalue weighted by Crippen LogP contribution is -2.46. The van der Waals surface area contributed by atoms with E-state index in [-0.39, 0.29) is 44.9 Å². The number of hydrogen-bond donors (Lipinski definition) is 2. The van der Waals surface area contributed by atoms with Crippen molar-refractivity contribution in [3.63, 3.8) is 0 Å². The molecule has 0 unspecified atom stereocenters. The highest BCUT2D eigenvalue weighted by Gasteiger charge is 2.33. The van der Waals surface area contributed by atoms with Gasteiger partial charge in [0.25, 0.3) is 5.91 Å². The summed E-state index contributed by atoms with van der Waals surface area (Å²) < 4.78 is 68.1. The Morgan fingerprint density at radius 2 is 1.68 bits per heavy atom. The third-order valence-electron chi connectivity index (χ3n) is 10.1. The maximum atomic E-state index is 14.5. The molecule has 2 aliphatic rings. The number of nitrogens with one attached hydrogen (secondary N) is 1. The summed E-state index contributed by atoms with van der Waals surface area (Å²) in [5.74, 6) is -1.35. The number of piperidine rings is 2. The minimum Gasteiger partial charge on any atom is -0.507 e. The van der Waals surface area contributed by atoms with Crippen LogP contribution < -0.4 is 5.32 Å². The van der Waals surface area contributed by atoms with Gasteiger partial charge in [-0.1, -0.05) is 55.8 Å². The highest BCUT2D eigenvalue weighted by Crippen LogP contribution is 2.39. The van der Waals surface area contributed by atoms with Gasteiger partial charge in [0.15, 0.2) is 9.84 Å². The number of phenols is 1. The van der Waals surface area contributed by atoms with Crippen LogP contribution in [0.2, 0.25) is 0 Å². The number of sulfone groups is 1. The lowest BCUT2D eigenvalue weighted by atomic mass is 9.93. The SMILES string of the molecule is CCS(=O)(=O)c1cc2c(C(=O)N[C@@H](C)c3ccccc3)c(CN3CCC(N4CCCCC4)CC3)c(-c3cccc(C(F)(F)F)c3)nc2cc1O. The second kappa shape index (κ2) is 14.7. The molecule has 1 atom stereocenters. The van der Waals surface area contributed by atoms with Crippen molar-refractivity contribution in [1.82, 2.24) is 20.1 Å². The zero-order valence-electron chi connectivity index (χ0n) is 28.3. The number of amides is 1. The van der Waals surface area contributed by atoms with Crippen molar-refractivity contribution in [2.75, 3.05) is 31.9 Å². The number of pyridine rings is 1. The van der Waals surface area contributed by atoms with E-state index in [1.165, 1.54) is 50.5 Å². The van der Waals surface area contributed by atoms with E-state index in [1.54, 1.807) is 0 Å². The zero-order chi connectivity index (χ0) is 35.6. The van der Waals surface area contributed by atoms with Gasteiger partial charge in [-0.3, -0.25) is 9.69 Å². The number of rotatable bonds is 9. The number of carbonyl (C=O) groups excluding carboxylic acids is 1. The standard InChI is InChI=1S/C38H43F3N4O4S/c1-3-50(48,49)34-22-30-32(23-33(34)46)43-36(27-13-10-14-28(21-27)38(39,40)41)31(35(30)37(47)42-25(2)26-11-6-4-7-12-26)24-44-19-15-29(16-20-44)45-17-8-5-9-18-45/h4,6-7,10-14,21-23,25,29,46H,3,5,8-9,15-20,24H2,1-2H3,(H,42,47)/t25-/m0/s1. The Morgan fingerprint density at radius 3 is 2.34 bits per heavy atom. The number of likely N-dealkylation sites (tertiary alicyclic amines) is 2. The van der Waals surface area contributed by atoms with Crippen molar-refractivity contribution < 1.29 is 31.5 Å². The third kappa shape index (κ3) is 7.67. The molecule has 2 fully saturated rings. The summed E-state index contributed by atoms with van der Waals surface area (Å²) in [5.41, 5.74) is 0.925. The van der Waals surface area contributed by atoms with Crippen LogP contribution in [-0.4, -0.2) is 72.2 Å². The Morgan fingerprint density at radius 1 is 0.980 bits per heavy atom. The molecule has 2 aliphatic heterocycles. The molecular weight excluding hydrogens is 666 g/mol. The summed E-state index contributed by atoms with van der Waals surface area (Å²) in [5, 5.41) is 14.1. The van der Waals surface area contributed by atoms with E-state index >= 15 is 0 Å². The first-order chi connectivity index (χ1) is 23.9. The number of aromatic hydroxyl groups is 1. The molecule has 0 bridgehead atoms. The van der Waals surface area contributed by atoms with Crippen molar-refractivity contribution in [2.45, 2.75) is 75.7 Å². The third-order valence-corrected chi connectivity index (χ3v) is 11.8. The first kappa shape index (κ1) is 35.8. The molecule has 6 rings (SSSR count). The van der Waals surface area contributed by atoms with E-state index in [1.807, 2.05) is 37.3 Å². The van der Waals surface area contributed by atoms with Crippen molar-refractivity contribution in [2.24, 2.45) is 0 Å². The van der Waals surface area contributed by atoms with Crippen molar-refractivity contribution >= 4 is 26.6 Å². The molecule has 8 nitrogen and oxygen atoms in total. The number of nitrogens with zero attached hydrogens (tertiary/aromatic N) is 3. The number of halogens is 3. The molecule has 1 aromatic heterocycles. The van der Waals surface area contributed by atoms with Gasteiger partial charge in [-0.05, 0) is 82.5 Å². The van der Waals surface area contributed by atoms with Gasteiger partial charge in [0.05, 0.1) is 34.1 Å². The first-order valence-corrected chi connectivity index (χ1v) is 18.9. The Labute approximate surface area is 291 Å². The molecule has 3 heterocycles. The average molecular weight is 709 g/mol. The second-order valence-electron chi connectivity index (χ2n) is 13.3. The minimum absolute atomic E-state index is 0.0926. The lowest BCUT2D eigenvalue weighted by Gasteiger charge is -2.40. The molecule has 12 heteroatoms. The van der Waals surface area contributed by atoms with Gasteiger partial charge >= 0.3 is 6.18 Å². The number of fused-ring (bicyclic) bond motifs is 1. The second-order valence-corrected chi connectivity index (χ2v) is 15.6. The van der Waals surface area contributed by atoms with Crippen LogP contribution >= 0.6 is 0 Å². The smallest absolute Gasteiger partial charge is 0.416 e. The van der Waals surface area contributed by atoms with Crippen LogP contribution in [0, 0.1) is 0 Å². The van der Waals surface area contributed by atoms with Crippen molar-refractivity contribution in [1.29, 1.82) is 0 Å². The molecule has 2 saturated heterocycles. The molecule has 0 aliphatic carbocycles. The topological polar surface area (TPSA) is 103 Å². The van der Waals surface area contributed by atoms with E-state index in [4.69, 9.17) is 4.98 Å². The fraction of sp³-hybridized carbons (Fsp3) is 0.421. The average Bonchev–Trinajstić information content (AvgIpc) is 3.11. The van der Waals surface area contributed by atoms with E-state index in [0.29, 0.717) is 24.7 Å². The normalized spacial score (nSPS) is 17.5. The van der Waals surface area contributed by atoms with Gasteiger partial charge in [-0.2, -0.15) is 13.2 Å². The van der Waals surface area contributed by atoms with Gasteiger partial charge in [-0.15, -0.1) is 0 Å². The molecule has 50 heavy (non-hydrogen) atoms. The summed E-state index contributed by atoms with van der Waals surface area (Å²) in [4.78, 5) is 23.7. The van der Waals surface area contributed by atoms with E-state index in [9.17, 15) is 31.5 Å². The number of phenolic OH excluding ortho intramolecular Hbond substituents is 1. The van der Waals surface area contributed by atoms with Crippen LogP contribution in [0.15, 0.2) is 71.6 Å². The number of carbonyl (C=O) groups is 1. The summed E-state index contributed by atoms with van der Waals surface area (Å²) >= 11 is 0. The van der Waals surface area contributed by atoms with E-state index in [2.05, 4.69) is 15.1 Å². The maximum absolute atomic E-state index is 14.5. The summed E-state index contributed by atoms with van der Waals surface area (Å²) in [7, 11) is -3.92. The molecule has 3 aromatic carbocycles. The number of hydrogen-bond acceptors (Lipinski definition) is 7. The summed E-state index contributed by atoms with van der Waals surface area (Å²) in [6, 6.07) is 16.6. The van der Waals surface area contributed by atoms with Crippen LogP contribution in [0.5, 0.6) is 5.75 Å². The van der Waals surface area contributed by atoms with Crippen LogP contribution in [0.4, 0.5) is 13.2 Å². The molecule has 0 spiro atoms. The Hall–Kier alpha value is -4.00. The van der Waals surface area contributed by atoms with Gasteiger partial charge < -0.3 is 15.3 Å². The fourth-order valence-corrected chi connectivity index (χ4v) is 8.25. The minimum atomic E-state index is -4.61. The Balaban J connectivity index is 1.52. The highest BCUT2D eigenvalue weighted by atomic mass is 32.2. The molecule has 0 radical (unpaired) electrons. The molecule has 266 valence electrons. The molecule has 2 N–H and O–H groups in total.